The Morgan fingerprint density at radius 1 is 0.923 bits per heavy atom. The Balaban J connectivity index is 1.15. The molecule has 0 radical (unpaired) electrons. The zero-order valence-electron chi connectivity index (χ0n) is 22.9. The van der Waals surface area contributed by atoms with Gasteiger partial charge in [-0.3, -0.25) is 14.5 Å². The number of benzene rings is 2. The number of likely N-dealkylation sites (tertiary alicyclic amines) is 1. The summed E-state index contributed by atoms with van der Waals surface area (Å²) in [5, 5.41) is 7.09. The van der Waals surface area contributed by atoms with E-state index in [4.69, 9.17) is 4.74 Å². The molecule has 2 aromatic rings. The Morgan fingerprint density at radius 3 is 2.54 bits per heavy atom. The first-order valence-electron chi connectivity index (χ1n) is 15.0. The number of nitrogens with zero attached hydrogens (tertiary/aromatic N) is 2. The van der Waals surface area contributed by atoms with Crippen LogP contribution in [0.1, 0.15) is 68.2 Å². The molecule has 0 bridgehead atoms. The smallest absolute Gasteiger partial charge is 0.228 e. The van der Waals surface area contributed by atoms with Crippen molar-refractivity contribution in [3.63, 3.8) is 0 Å². The van der Waals surface area contributed by atoms with Crippen LogP contribution in [0, 0.1) is 11.8 Å². The summed E-state index contributed by atoms with van der Waals surface area (Å²) >= 11 is 0. The second-order valence-corrected chi connectivity index (χ2v) is 11.7. The van der Waals surface area contributed by atoms with Crippen LogP contribution in [0.4, 0.5) is 5.69 Å². The fraction of sp³-hybridized carbons (Fsp3) is 0.562. The fourth-order valence-corrected chi connectivity index (χ4v) is 7.34. The average Bonchev–Trinajstić information content (AvgIpc) is 3.43. The van der Waals surface area contributed by atoms with E-state index in [-0.39, 0.29) is 35.9 Å². The Hall–Kier alpha value is -2.90. The molecule has 3 heterocycles. The van der Waals surface area contributed by atoms with Gasteiger partial charge in [-0.2, -0.15) is 0 Å². The minimum atomic E-state index is -0.141. The van der Waals surface area contributed by atoms with E-state index in [1.807, 2.05) is 0 Å². The van der Waals surface area contributed by atoms with E-state index in [1.54, 1.807) is 0 Å². The predicted octanol–water partition coefficient (Wildman–Crippen LogP) is 4.53. The van der Waals surface area contributed by atoms with Crippen molar-refractivity contribution in [2.75, 3.05) is 44.7 Å². The summed E-state index contributed by atoms with van der Waals surface area (Å²) in [6.07, 6.45) is 6.19. The number of amides is 2. The van der Waals surface area contributed by atoms with Gasteiger partial charge in [0.05, 0.1) is 31.2 Å². The highest BCUT2D eigenvalue weighted by molar-refractivity contribution is 5.83. The molecule has 5 atom stereocenters. The van der Waals surface area contributed by atoms with Gasteiger partial charge in [-0.1, -0.05) is 61.4 Å². The third kappa shape index (κ3) is 5.71. The molecule has 7 nitrogen and oxygen atoms in total. The van der Waals surface area contributed by atoms with Crippen molar-refractivity contribution in [3.05, 3.63) is 65.7 Å². The minimum Gasteiger partial charge on any atom is -0.379 e. The molecule has 2 saturated heterocycles. The molecule has 3 aliphatic heterocycles. The lowest BCUT2D eigenvalue weighted by Crippen LogP contribution is -2.50. The summed E-state index contributed by atoms with van der Waals surface area (Å²) in [4.78, 5) is 31.7. The number of morpholine rings is 1. The zero-order valence-corrected chi connectivity index (χ0v) is 22.9. The second kappa shape index (κ2) is 12.1. The third-order valence-corrected chi connectivity index (χ3v) is 9.32. The van der Waals surface area contributed by atoms with Crippen LogP contribution in [0.25, 0.3) is 0 Å². The molecule has 1 aliphatic carbocycles. The van der Waals surface area contributed by atoms with Crippen molar-refractivity contribution in [1.29, 1.82) is 0 Å². The number of hydrogen-bond acceptors (Lipinski definition) is 5. The van der Waals surface area contributed by atoms with Crippen molar-refractivity contribution in [1.82, 2.24) is 15.1 Å². The highest BCUT2D eigenvalue weighted by atomic mass is 16.5. The number of para-hydroxylation sites is 1. The number of carbonyl (C=O) groups is 2. The van der Waals surface area contributed by atoms with Crippen molar-refractivity contribution < 1.29 is 14.3 Å². The number of carbonyl (C=O) groups excluding carboxylic acids is 2. The van der Waals surface area contributed by atoms with Crippen LogP contribution in [0.2, 0.25) is 0 Å². The standard InChI is InChI=1S/C32H42N4O3/c37-29(15-8-17-35-19-21-39-22-20-35)33-28-14-7-5-12-25(28)32(38)36-18-16-26-30(23-9-2-1-3-10-23)34-27-13-6-4-11-24(27)31(26)36/h1-4,6,9-11,13,25-26,28,30-31,34H,5,7-8,12,14-22H2,(H,33,37)/t25-,26+,28+,30-,31-/m0/s1. The highest BCUT2D eigenvalue weighted by Gasteiger charge is 2.48. The van der Waals surface area contributed by atoms with E-state index >= 15 is 0 Å². The van der Waals surface area contributed by atoms with Gasteiger partial charge in [-0.15, -0.1) is 0 Å². The van der Waals surface area contributed by atoms with Gasteiger partial charge in [0.25, 0.3) is 0 Å². The van der Waals surface area contributed by atoms with Gasteiger partial charge < -0.3 is 20.3 Å². The lowest BCUT2D eigenvalue weighted by Gasteiger charge is -2.42. The third-order valence-electron chi connectivity index (χ3n) is 9.32. The molecule has 2 N–H and O–H groups in total. The van der Waals surface area contributed by atoms with Crippen molar-refractivity contribution in [2.45, 2.75) is 63.1 Å². The van der Waals surface area contributed by atoms with Crippen LogP contribution >= 0.6 is 0 Å². The molecule has 3 fully saturated rings. The Morgan fingerprint density at radius 2 is 1.69 bits per heavy atom. The van der Waals surface area contributed by atoms with Crippen molar-refractivity contribution >= 4 is 17.5 Å². The van der Waals surface area contributed by atoms with Crippen LogP contribution < -0.4 is 10.6 Å². The molecule has 0 unspecified atom stereocenters. The molecule has 2 aromatic carbocycles. The first-order valence-corrected chi connectivity index (χ1v) is 15.0. The number of nitrogens with one attached hydrogen (secondary N) is 2. The first-order chi connectivity index (χ1) is 19.2. The van der Waals surface area contributed by atoms with E-state index < -0.39 is 0 Å². The van der Waals surface area contributed by atoms with Crippen LogP contribution in [0.5, 0.6) is 0 Å². The van der Waals surface area contributed by atoms with Gasteiger partial charge >= 0.3 is 0 Å². The largest absolute Gasteiger partial charge is 0.379 e. The van der Waals surface area contributed by atoms with Crippen molar-refractivity contribution in [3.8, 4) is 0 Å². The lowest BCUT2D eigenvalue weighted by atomic mass is 9.79. The van der Waals surface area contributed by atoms with E-state index in [1.165, 1.54) is 11.1 Å². The number of anilines is 1. The van der Waals surface area contributed by atoms with Gasteiger partial charge in [0.15, 0.2) is 0 Å². The number of ether oxygens (including phenoxy) is 1. The number of hydrogen-bond donors (Lipinski definition) is 2. The Kier molecular flexibility index (Phi) is 8.16. The maximum absolute atomic E-state index is 14.3. The van der Waals surface area contributed by atoms with E-state index in [0.717, 1.165) is 83.6 Å². The normalized spacial score (nSPS) is 28.7. The van der Waals surface area contributed by atoms with Gasteiger partial charge in [0.2, 0.25) is 11.8 Å². The molecule has 6 rings (SSSR count). The first kappa shape index (κ1) is 26.3. The van der Waals surface area contributed by atoms with Gasteiger partial charge in [-0.25, -0.2) is 0 Å². The summed E-state index contributed by atoms with van der Waals surface area (Å²) in [6.45, 7) is 5.15. The molecule has 0 spiro atoms. The fourth-order valence-electron chi connectivity index (χ4n) is 7.34. The summed E-state index contributed by atoms with van der Waals surface area (Å²) in [7, 11) is 0. The minimum absolute atomic E-state index is 0.0620. The van der Waals surface area contributed by atoms with Crippen LogP contribution in [-0.4, -0.2) is 67.0 Å². The quantitative estimate of drug-likeness (QED) is 0.550. The van der Waals surface area contributed by atoms with E-state index in [2.05, 4.69) is 75.0 Å². The summed E-state index contributed by atoms with van der Waals surface area (Å²) in [5.41, 5.74) is 3.62. The van der Waals surface area contributed by atoms with Gasteiger partial charge in [-0.05, 0) is 49.4 Å². The average molecular weight is 531 g/mol. The predicted molar refractivity (Wildman–Crippen MR) is 152 cm³/mol. The summed E-state index contributed by atoms with van der Waals surface area (Å²) < 4.78 is 5.42. The topological polar surface area (TPSA) is 73.9 Å². The maximum Gasteiger partial charge on any atom is 0.228 e. The number of fused-ring (bicyclic) bond motifs is 3. The molecular formula is C32H42N4O3. The SMILES string of the molecule is O=C(CCCN1CCOCC1)N[C@@H]1CCCC[C@@H]1C(=O)N1CC[C@@H]2[C@H](c3ccccc3)Nc3ccccc3[C@@H]21. The molecule has 1 saturated carbocycles. The molecule has 4 aliphatic rings. The monoisotopic (exact) mass is 530 g/mol. The van der Waals surface area contributed by atoms with Gasteiger partial charge in [0.1, 0.15) is 0 Å². The highest BCUT2D eigenvalue weighted by Crippen LogP contribution is 2.51. The molecule has 7 heteroatoms. The second-order valence-electron chi connectivity index (χ2n) is 11.7. The molecule has 2 amide bonds. The van der Waals surface area contributed by atoms with Gasteiger partial charge in [0, 0.05) is 43.7 Å². The molecule has 208 valence electrons. The van der Waals surface area contributed by atoms with Crippen LogP contribution in [-0.2, 0) is 14.3 Å². The summed E-state index contributed by atoms with van der Waals surface area (Å²) in [5.74, 6) is 0.494. The summed E-state index contributed by atoms with van der Waals surface area (Å²) in [6, 6.07) is 19.3. The maximum atomic E-state index is 14.3. The number of rotatable bonds is 7. The zero-order chi connectivity index (χ0) is 26.6. The molecule has 39 heavy (non-hydrogen) atoms. The Labute approximate surface area is 232 Å². The lowest BCUT2D eigenvalue weighted by molar-refractivity contribution is -0.139. The van der Waals surface area contributed by atoms with Crippen LogP contribution in [0.15, 0.2) is 54.6 Å². The van der Waals surface area contributed by atoms with Crippen molar-refractivity contribution in [2.24, 2.45) is 11.8 Å². The molecule has 0 aromatic heterocycles. The van der Waals surface area contributed by atoms with Crippen LogP contribution in [0.3, 0.4) is 0 Å². The van der Waals surface area contributed by atoms with E-state index in [0.29, 0.717) is 12.3 Å². The molecular weight excluding hydrogens is 488 g/mol. The van der Waals surface area contributed by atoms with E-state index in [9.17, 15) is 9.59 Å². The Bertz CT molecular complexity index is 1140.